The van der Waals surface area contributed by atoms with E-state index in [0.717, 1.165) is 14.9 Å². The van der Waals surface area contributed by atoms with Crippen LogP contribution in [-0.4, -0.2) is 5.11 Å². The maximum absolute atomic E-state index is 9.56. The number of phenolic OH excluding ortho intramolecular Hbond substituents is 1. The van der Waals surface area contributed by atoms with E-state index in [-0.39, 0.29) is 0 Å². The number of para-hydroxylation sites is 1. The van der Waals surface area contributed by atoms with Crippen molar-refractivity contribution in [3.63, 3.8) is 0 Å². The van der Waals surface area contributed by atoms with E-state index in [0.29, 0.717) is 5.75 Å². The van der Waals surface area contributed by atoms with E-state index in [1.165, 1.54) is 0 Å². The number of hydrogen-bond acceptors (Lipinski definition) is 2. The Balaban J connectivity index is 2.52. The Hall–Kier alpha value is -0.800. The highest BCUT2D eigenvalue weighted by molar-refractivity contribution is 9.10. The summed E-state index contributed by atoms with van der Waals surface area (Å²) in [6, 6.07) is 9.35. The van der Waals surface area contributed by atoms with E-state index in [4.69, 9.17) is 0 Å². The first-order chi connectivity index (χ1) is 6.27. The van der Waals surface area contributed by atoms with Gasteiger partial charge < -0.3 is 5.11 Å². The van der Waals surface area contributed by atoms with E-state index in [1.807, 2.05) is 29.6 Å². The summed E-state index contributed by atoms with van der Waals surface area (Å²) in [5.41, 5.74) is 0.887. The molecule has 0 aliphatic heterocycles. The predicted octanol–water partition coefficient (Wildman–Crippen LogP) is 3.88. The predicted molar refractivity (Wildman–Crippen MR) is 59.1 cm³/mol. The molecule has 0 spiro atoms. The molecule has 0 amide bonds. The summed E-state index contributed by atoms with van der Waals surface area (Å²) in [6.07, 6.45) is 0. The van der Waals surface area contributed by atoms with Crippen LogP contribution in [0.1, 0.15) is 0 Å². The highest BCUT2D eigenvalue weighted by Gasteiger charge is 2.04. The lowest BCUT2D eigenvalue weighted by Gasteiger charge is -1.99. The van der Waals surface area contributed by atoms with Crippen LogP contribution in [0.4, 0.5) is 0 Å². The van der Waals surface area contributed by atoms with Gasteiger partial charge in [-0.3, -0.25) is 0 Å². The number of hydrogen-bond donors (Lipinski definition) is 1. The third-order valence-electron chi connectivity index (χ3n) is 1.74. The minimum atomic E-state index is 0.330. The summed E-state index contributed by atoms with van der Waals surface area (Å²) in [5.74, 6) is 0.330. The van der Waals surface area contributed by atoms with Crippen molar-refractivity contribution in [2.24, 2.45) is 0 Å². The molecule has 1 nitrogen and oxygen atoms in total. The van der Waals surface area contributed by atoms with Crippen LogP contribution < -0.4 is 0 Å². The average molecular weight is 255 g/mol. The van der Waals surface area contributed by atoms with Gasteiger partial charge in [-0.25, -0.2) is 0 Å². The molecule has 1 N–H and O–H groups in total. The Labute approximate surface area is 88.8 Å². The lowest BCUT2D eigenvalue weighted by molar-refractivity contribution is 0.477. The first kappa shape index (κ1) is 8.78. The summed E-state index contributed by atoms with van der Waals surface area (Å²) < 4.78 is 1.05. The van der Waals surface area contributed by atoms with Crippen molar-refractivity contribution in [1.82, 2.24) is 0 Å². The van der Waals surface area contributed by atoms with E-state index >= 15 is 0 Å². The third kappa shape index (κ3) is 1.76. The maximum atomic E-state index is 9.56. The van der Waals surface area contributed by atoms with Crippen LogP contribution in [0.25, 0.3) is 10.4 Å². The first-order valence-electron chi connectivity index (χ1n) is 3.80. The van der Waals surface area contributed by atoms with E-state index < -0.39 is 0 Å². The molecule has 0 fully saturated rings. The number of rotatable bonds is 1. The Morgan fingerprint density at radius 2 is 2.00 bits per heavy atom. The fourth-order valence-corrected chi connectivity index (χ4v) is 2.60. The molecule has 0 atom stereocenters. The van der Waals surface area contributed by atoms with Gasteiger partial charge in [0.1, 0.15) is 5.75 Å². The molecule has 0 saturated heterocycles. The Kier molecular flexibility index (Phi) is 2.38. The molecule has 1 aromatic carbocycles. The van der Waals surface area contributed by atoms with E-state index in [1.54, 1.807) is 17.4 Å². The van der Waals surface area contributed by atoms with Crippen LogP contribution in [0.5, 0.6) is 5.75 Å². The normalized spacial score (nSPS) is 10.2. The van der Waals surface area contributed by atoms with Crippen LogP contribution in [0, 0.1) is 0 Å². The zero-order chi connectivity index (χ0) is 9.26. The van der Waals surface area contributed by atoms with Gasteiger partial charge in [-0.2, -0.15) is 0 Å². The quantitative estimate of drug-likeness (QED) is 0.819. The van der Waals surface area contributed by atoms with E-state index in [2.05, 4.69) is 15.9 Å². The summed E-state index contributed by atoms with van der Waals surface area (Å²) in [5, 5.41) is 11.6. The third-order valence-corrected chi connectivity index (χ3v) is 3.46. The summed E-state index contributed by atoms with van der Waals surface area (Å²) in [7, 11) is 0. The monoisotopic (exact) mass is 254 g/mol. The van der Waals surface area contributed by atoms with Gasteiger partial charge in [0.25, 0.3) is 0 Å². The van der Waals surface area contributed by atoms with Crippen molar-refractivity contribution in [2.45, 2.75) is 0 Å². The molecule has 66 valence electrons. The maximum Gasteiger partial charge on any atom is 0.124 e. The Bertz CT molecular complexity index is 422. The van der Waals surface area contributed by atoms with Crippen LogP contribution in [0.2, 0.25) is 0 Å². The summed E-state index contributed by atoms with van der Waals surface area (Å²) in [4.78, 5) is 1.07. The molecule has 0 bridgehead atoms. The molecule has 13 heavy (non-hydrogen) atoms. The molecular formula is C10H7BrOS. The minimum absolute atomic E-state index is 0.330. The highest BCUT2D eigenvalue weighted by Crippen LogP contribution is 2.34. The number of phenols is 1. The molecular weight excluding hydrogens is 248 g/mol. The molecule has 2 aromatic rings. The molecule has 1 aromatic heterocycles. The Morgan fingerprint density at radius 3 is 2.62 bits per heavy atom. The van der Waals surface area contributed by atoms with E-state index in [9.17, 15) is 5.11 Å². The van der Waals surface area contributed by atoms with Gasteiger partial charge in [0, 0.05) is 20.3 Å². The SMILES string of the molecule is Oc1ccccc1-c1cc(Br)cs1. The van der Waals surface area contributed by atoms with Crippen molar-refractivity contribution in [2.75, 3.05) is 0 Å². The smallest absolute Gasteiger partial charge is 0.124 e. The summed E-state index contributed by atoms with van der Waals surface area (Å²) >= 11 is 4.99. The number of thiophene rings is 1. The lowest BCUT2D eigenvalue weighted by atomic mass is 10.2. The van der Waals surface area contributed by atoms with Gasteiger partial charge in [-0.15, -0.1) is 11.3 Å². The van der Waals surface area contributed by atoms with Gasteiger partial charge in [0.05, 0.1) is 0 Å². The van der Waals surface area contributed by atoms with Gasteiger partial charge in [0.2, 0.25) is 0 Å². The number of benzene rings is 1. The summed E-state index contributed by atoms with van der Waals surface area (Å²) in [6.45, 7) is 0. The number of aromatic hydroxyl groups is 1. The van der Waals surface area contributed by atoms with Crippen molar-refractivity contribution in [3.8, 4) is 16.2 Å². The second kappa shape index (κ2) is 3.52. The largest absolute Gasteiger partial charge is 0.507 e. The molecule has 0 saturated carbocycles. The van der Waals surface area contributed by atoms with Gasteiger partial charge in [0.15, 0.2) is 0 Å². The van der Waals surface area contributed by atoms with Crippen molar-refractivity contribution in [3.05, 3.63) is 40.2 Å². The molecule has 1 heterocycles. The molecule has 0 aliphatic rings. The average Bonchev–Trinajstić information content (AvgIpc) is 2.53. The highest BCUT2D eigenvalue weighted by atomic mass is 79.9. The molecule has 0 radical (unpaired) electrons. The van der Waals surface area contributed by atoms with Crippen LogP contribution >= 0.6 is 27.3 Å². The van der Waals surface area contributed by atoms with Crippen LogP contribution in [-0.2, 0) is 0 Å². The standard InChI is InChI=1S/C10H7BrOS/c11-7-5-10(13-6-7)8-3-1-2-4-9(8)12/h1-6,12H. The fraction of sp³-hybridized carbons (Fsp3) is 0. The van der Waals surface area contributed by atoms with Crippen molar-refractivity contribution >= 4 is 27.3 Å². The second-order valence-corrected chi connectivity index (χ2v) is 4.47. The first-order valence-corrected chi connectivity index (χ1v) is 5.47. The van der Waals surface area contributed by atoms with Gasteiger partial charge in [-0.1, -0.05) is 12.1 Å². The minimum Gasteiger partial charge on any atom is -0.507 e. The molecule has 2 rings (SSSR count). The van der Waals surface area contributed by atoms with Gasteiger partial charge >= 0.3 is 0 Å². The second-order valence-electron chi connectivity index (χ2n) is 2.65. The Morgan fingerprint density at radius 1 is 1.23 bits per heavy atom. The number of halogens is 1. The lowest BCUT2D eigenvalue weighted by Crippen LogP contribution is -1.72. The molecule has 0 aliphatic carbocycles. The fourth-order valence-electron chi connectivity index (χ4n) is 1.14. The van der Waals surface area contributed by atoms with Crippen LogP contribution in [0.15, 0.2) is 40.2 Å². The topological polar surface area (TPSA) is 20.2 Å². The zero-order valence-corrected chi connectivity index (χ0v) is 9.10. The van der Waals surface area contributed by atoms with Crippen LogP contribution in [0.3, 0.4) is 0 Å². The zero-order valence-electron chi connectivity index (χ0n) is 6.70. The van der Waals surface area contributed by atoms with Crippen molar-refractivity contribution in [1.29, 1.82) is 0 Å². The molecule has 0 unspecified atom stereocenters. The van der Waals surface area contributed by atoms with Crippen molar-refractivity contribution < 1.29 is 5.11 Å². The molecule has 3 heteroatoms. The van der Waals surface area contributed by atoms with Gasteiger partial charge in [-0.05, 0) is 34.1 Å².